The van der Waals surface area contributed by atoms with Crippen LogP contribution in [0.1, 0.15) is 13.3 Å². The number of rotatable bonds is 5. The fourth-order valence-corrected chi connectivity index (χ4v) is 2.26. The molecule has 1 atom stereocenters. The van der Waals surface area contributed by atoms with Gasteiger partial charge >= 0.3 is 12.0 Å². The highest BCUT2D eigenvalue weighted by atomic mass is 35.5. The second kappa shape index (κ2) is 7.57. The third-order valence-electron chi connectivity index (χ3n) is 2.53. The molecule has 1 rings (SSSR count). The van der Waals surface area contributed by atoms with Gasteiger partial charge in [0.15, 0.2) is 0 Å². The molecule has 20 heavy (non-hydrogen) atoms. The normalized spacial score (nSPS) is 11.8. The number of urea groups is 1. The molecule has 0 aromatic heterocycles. The molecule has 8 heteroatoms. The Labute approximate surface area is 131 Å². The van der Waals surface area contributed by atoms with E-state index in [2.05, 4.69) is 10.6 Å². The van der Waals surface area contributed by atoms with Gasteiger partial charge in [-0.15, -0.1) is 0 Å². The van der Waals surface area contributed by atoms with Gasteiger partial charge in [-0.1, -0.05) is 41.7 Å². The fourth-order valence-electron chi connectivity index (χ4n) is 1.35. The van der Waals surface area contributed by atoms with Crippen LogP contribution in [0.5, 0.6) is 0 Å². The Kier molecular flexibility index (Phi) is 6.39. The van der Waals surface area contributed by atoms with Crippen LogP contribution < -0.4 is 10.6 Å². The summed E-state index contributed by atoms with van der Waals surface area (Å²) in [6, 6.07) is 2.39. The molecule has 3 N–H and O–H groups in total. The van der Waals surface area contributed by atoms with E-state index in [0.29, 0.717) is 11.4 Å². The lowest BCUT2D eigenvalue weighted by molar-refractivity contribution is -0.141. The molecule has 0 spiro atoms. The van der Waals surface area contributed by atoms with Crippen molar-refractivity contribution in [3.8, 4) is 0 Å². The van der Waals surface area contributed by atoms with E-state index in [1.807, 2.05) is 0 Å². The summed E-state index contributed by atoms with van der Waals surface area (Å²) in [5, 5.41) is 14.5. The molecule has 0 bridgehead atoms. The minimum Gasteiger partial charge on any atom is -0.481 e. The fraction of sp³-hybridized carbons (Fsp3) is 0.333. The smallest absolute Gasteiger partial charge is 0.319 e. The van der Waals surface area contributed by atoms with Gasteiger partial charge in [-0.3, -0.25) is 4.79 Å². The Bertz CT molecular complexity index is 500. The predicted molar refractivity (Wildman–Crippen MR) is 79.9 cm³/mol. The molecular formula is C12H13Cl3N2O3. The van der Waals surface area contributed by atoms with Crippen molar-refractivity contribution in [2.45, 2.75) is 13.3 Å². The first-order valence-corrected chi connectivity index (χ1v) is 6.87. The van der Waals surface area contributed by atoms with Crippen LogP contribution in [-0.2, 0) is 4.79 Å². The highest BCUT2D eigenvalue weighted by Gasteiger charge is 2.13. The van der Waals surface area contributed by atoms with Crippen molar-refractivity contribution < 1.29 is 14.7 Å². The molecule has 0 fully saturated rings. The van der Waals surface area contributed by atoms with Crippen LogP contribution in [0.3, 0.4) is 0 Å². The largest absolute Gasteiger partial charge is 0.481 e. The van der Waals surface area contributed by atoms with Crippen molar-refractivity contribution >= 4 is 52.5 Å². The molecule has 0 radical (unpaired) electrons. The second-order valence-corrected chi connectivity index (χ2v) is 5.40. The van der Waals surface area contributed by atoms with E-state index in [4.69, 9.17) is 39.9 Å². The molecular weight excluding hydrogens is 327 g/mol. The highest BCUT2D eigenvalue weighted by Crippen LogP contribution is 2.33. The number of nitrogens with one attached hydrogen (secondary N) is 2. The van der Waals surface area contributed by atoms with E-state index in [1.54, 1.807) is 6.92 Å². The number of carboxylic acids is 1. The Hall–Kier alpha value is -1.17. The van der Waals surface area contributed by atoms with Crippen molar-refractivity contribution in [3.63, 3.8) is 0 Å². The zero-order valence-electron chi connectivity index (χ0n) is 10.5. The average Bonchev–Trinajstić information content (AvgIpc) is 2.33. The van der Waals surface area contributed by atoms with Gasteiger partial charge in [-0.05, 0) is 18.6 Å². The van der Waals surface area contributed by atoms with Crippen LogP contribution >= 0.6 is 34.8 Å². The Morgan fingerprint density at radius 2 is 1.80 bits per heavy atom. The predicted octanol–water partition coefficient (Wildman–Crippen LogP) is 3.88. The second-order valence-electron chi connectivity index (χ2n) is 4.15. The van der Waals surface area contributed by atoms with Gasteiger partial charge in [0.25, 0.3) is 0 Å². The summed E-state index contributed by atoms with van der Waals surface area (Å²) in [5.74, 6) is -1.44. The maximum Gasteiger partial charge on any atom is 0.319 e. The lowest BCUT2D eigenvalue weighted by Crippen LogP contribution is -2.31. The van der Waals surface area contributed by atoms with Gasteiger partial charge in [0.2, 0.25) is 0 Å². The Balaban J connectivity index is 2.53. The number of hydrogen-bond acceptors (Lipinski definition) is 2. The van der Waals surface area contributed by atoms with Gasteiger partial charge in [-0.2, -0.15) is 0 Å². The topological polar surface area (TPSA) is 78.4 Å². The van der Waals surface area contributed by atoms with Gasteiger partial charge in [0.05, 0.1) is 21.7 Å². The molecule has 1 aromatic rings. The minimum absolute atomic E-state index is 0.219. The lowest BCUT2D eigenvalue weighted by atomic mass is 10.1. The lowest BCUT2D eigenvalue weighted by Gasteiger charge is -2.12. The van der Waals surface area contributed by atoms with Crippen LogP contribution in [-0.4, -0.2) is 23.7 Å². The molecule has 5 nitrogen and oxygen atoms in total. The first-order chi connectivity index (χ1) is 9.31. The molecule has 0 saturated carbocycles. The molecule has 0 aliphatic heterocycles. The van der Waals surface area contributed by atoms with Crippen molar-refractivity contribution in [2.75, 3.05) is 11.9 Å². The molecule has 1 unspecified atom stereocenters. The van der Waals surface area contributed by atoms with Crippen LogP contribution in [0.2, 0.25) is 15.1 Å². The third-order valence-corrected chi connectivity index (χ3v) is 3.34. The molecule has 0 heterocycles. The van der Waals surface area contributed by atoms with Crippen molar-refractivity contribution in [2.24, 2.45) is 5.92 Å². The van der Waals surface area contributed by atoms with E-state index in [0.717, 1.165) is 0 Å². The Morgan fingerprint density at radius 3 is 2.30 bits per heavy atom. The number of hydrogen-bond donors (Lipinski definition) is 3. The molecule has 1 aromatic carbocycles. The summed E-state index contributed by atoms with van der Waals surface area (Å²) in [4.78, 5) is 22.2. The maximum absolute atomic E-state index is 11.6. The van der Waals surface area contributed by atoms with Gasteiger partial charge < -0.3 is 15.7 Å². The number of carbonyl (C=O) groups is 2. The van der Waals surface area contributed by atoms with Gasteiger partial charge in [0.1, 0.15) is 0 Å². The molecule has 0 aliphatic carbocycles. The number of halogens is 3. The summed E-state index contributed by atoms with van der Waals surface area (Å²) in [6.45, 7) is 1.79. The monoisotopic (exact) mass is 338 g/mol. The summed E-state index contributed by atoms with van der Waals surface area (Å²) in [7, 11) is 0. The van der Waals surface area contributed by atoms with Gasteiger partial charge in [-0.25, -0.2) is 4.79 Å². The SMILES string of the molecule is CC(CCNC(=O)Nc1c(Cl)cc(Cl)cc1Cl)C(=O)O. The minimum atomic E-state index is -0.906. The van der Waals surface area contributed by atoms with Crippen LogP contribution in [0.25, 0.3) is 0 Å². The van der Waals surface area contributed by atoms with E-state index < -0.39 is 17.9 Å². The third kappa shape index (κ3) is 5.07. The summed E-state index contributed by atoms with van der Waals surface area (Å²) in [6.07, 6.45) is 0.324. The standard InChI is InChI=1S/C12H13Cl3N2O3/c1-6(11(18)19)2-3-16-12(20)17-10-8(14)4-7(13)5-9(10)15/h4-6H,2-3H2,1H3,(H,18,19)(H2,16,17,20). The summed E-state index contributed by atoms with van der Waals surface area (Å²) >= 11 is 17.6. The maximum atomic E-state index is 11.6. The zero-order chi connectivity index (χ0) is 15.3. The average molecular weight is 340 g/mol. The van der Waals surface area contributed by atoms with Crippen LogP contribution in [0.4, 0.5) is 10.5 Å². The number of anilines is 1. The number of carbonyl (C=O) groups excluding carboxylic acids is 1. The summed E-state index contributed by atoms with van der Waals surface area (Å²) < 4.78 is 0. The first kappa shape index (κ1) is 16.9. The first-order valence-electron chi connectivity index (χ1n) is 5.73. The van der Waals surface area contributed by atoms with E-state index in [-0.39, 0.29) is 22.3 Å². The number of amides is 2. The van der Waals surface area contributed by atoms with Crippen molar-refractivity contribution in [1.29, 1.82) is 0 Å². The van der Waals surface area contributed by atoms with E-state index >= 15 is 0 Å². The van der Waals surface area contributed by atoms with Crippen molar-refractivity contribution in [3.05, 3.63) is 27.2 Å². The zero-order valence-corrected chi connectivity index (χ0v) is 12.8. The van der Waals surface area contributed by atoms with Crippen LogP contribution in [0, 0.1) is 5.92 Å². The number of carboxylic acid groups (broad SMARTS) is 1. The van der Waals surface area contributed by atoms with Crippen molar-refractivity contribution in [1.82, 2.24) is 5.32 Å². The quantitative estimate of drug-likeness (QED) is 0.761. The summed E-state index contributed by atoms with van der Waals surface area (Å²) in [5.41, 5.74) is 0.251. The van der Waals surface area contributed by atoms with E-state index in [9.17, 15) is 9.59 Å². The van der Waals surface area contributed by atoms with E-state index in [1.165, 1.54) is 12.1 Å². The van der Waals surface area contributed by atoms with Crippen LogP contribution in [0.15, 0.2) is 12.1 Å². The highest BCUT2D eigenvalue weighted by molar-refractivity contribution is 6.42. The Morgan fingerprint density at radius 1 is 1.25 bits per heavy atom. The molecule has 2 amide bonds. The number of aliphatic carboxylic acids is 1. The van der Waals surface area contributed by atoms with Gasteiger partial charge in [0, 0.05) is 11.6 Å². The molecule has 0 aliphatic rings. The molecule has 0 saturated heterocycles. The molecule has 110 valence electrons. The number of benzene rings is 1.